The fourth-order valence-electron chi connectivity index (χ4n) is 4.65. The van der Waals surface area contributed by atoms with E-state index < -0.39 is 0 Å². The Bertz CT molecular complexity index is 912. The van der Waals surface area contributed by atoms with Crippen molar-refractivity contribution in [2.24, 2.45) is 0 Å². The van der Waals surface area contributed by atoms with Crippen LogP contribution in [0, 0.1) is 0 Å². The highest BCUT2D eigenvalue weighted by Crippen LogP contribution is 2.26. The third-order valence-electron chi connectivity index (χ3n) is 5.98. The first-order valence-electron chi connectivity index (χ1n) is 10.4. The van der Waals surface area contributed by atoms with Gasteiger partial charge in [-0.25, -0.2) is 0 Å². The second kappa shape index (κ2) is 9.21. The number of rotatable bonds is 7. The van der Waals surface area contributed by atoms with Gasteiger partial charge in [0.2, 0.25) is 0 Å². The highest BCUT2D eigenvalue weighted by molar-refractivity contribution is 9.10. The van der Waals surface area contributed by atoms with Crippen molar-refractivity contribution in [2.75, 3.05) is 6.54 Å². The van der Waals surface area contributed by atoms with Crippen LogP contribution in [0.15, 0.2) is 71.2 Å². The van der Waals surface area contributed by atoms with Gasteiger partial charge in [-0.2, -0.15) is 0 Å². The molecule has 28 heavy (non-hydrogen) atoms. The molecule has 146 valence electrons. The minimum atomic E-state index is 0.542. The van der Waals surface area contributed by atoms with E-state index in [1.807, 2.05) is 0 Å². The molecular weight excluding hydrogens is 408 g/mol. The zero-order valence-corrected chi connectivity index (χ0v) is 18.2. The number of hydrogen-bond acceptors (Lipinski definition) is 2. The summed E-state index contributed by atoms with van der Waals surface area (Å²) in [6.45, 7) is 5.44. The van der Waals surface area contributed by atoms with E-state index in [4.69, 9.17) is 0 Å². The lowest BCUT2D eigenvalue weighted by Crippen LogP contribution is -2.46. The minimum absolute atomic E-state index is 0.542. The fourth-order valence-corrected chi connectivity index (χ4v) is 5.09. The number of nitrogens with zero attached hydrogens (tertiary/aromatic N) is 1. The number of halogens is 1. The van der Waals surface area contributed by atoms with E-state index >= 15 is 0 Å². The zero-order chi connectivity index (χ0) is 19.3. The minimum Gasteiger partial charge on any atom is -0.312 e. The van der Waals surface area contributed by atoms with Crippen molar-refractivity contribution in [1.82, 2.24) is 10.2 Å². The smallest absolute Gasteiger partial charge is 0.0253 e. The largest absolute Gasteiger partial charge is 0.312 e. The Labute approximate surface area is 177 Å². The Morgan fingerprint density at radius 2 is 1.86 bits per heavy atom. The van der Waals surface area contributed by atoms with Crippen molar-refractivity contribution in [3.63, 3.8) is 0 Å². The number of nitrogens with one attached hydrogen (secondary N) is 1. The summed E-state index contributed by atoms with van der Waals surface area (Å²) >= 11 is 3.64. The highest BCUT2D eigenvalue weighted by atomic mass is 79.9. The molecule has 1 N–H and O–H groups in total. The van der Waals surface area contributed by atoms with Gasteiger partial charge in [0.05, 0.1) is 0 Å². The number of hydrogen-bond donors (Lipinski definition) is 1. The Balaban J connectivity index is 1.67. The highest BCUT2D eigenvalue weighted by Gasteiger charge is 2.28. The SMILES string of the molecule is CCC(C1CCCN1)N(Cc1cccc(Br)c1)Cc1cccc2ccccc12. The molecule has 0 saturated carbocycles. The molecule has 0 bridgehead atoms. The van der Waals surface area contributed by atoms with Gasteiger partial charge in [-0.3, -0.25) is 4.90 Å². The van der Waals surface area contributed by atoms with E-state index in [1.165, 1.54) is 34.7 Å². The van der Waals surface area contributed by atoms with E-state index in [0.717, 1.165) is 30.5 Å². The molecule has 3 aromatic carbocycles. The molecule has 1 heterocycles. The summed E-state index contributed by atoms with van der Waals surface area (Å²) in [5.74, 6) is 0. The van der Waals surface area contributed by atoms with Crippen LogP contribution in [0.3, 0.4) is 0 Å². The van der Waals surface area contributed by atoms with E-state index in [2.05, 4.69) is 99.8 Å². The second-order valence-electron chi connectivity index (χ2n) is 7.85. The second-order valence-corrected chi connectivity index (χ2v) is 8.77. The summed E-state index contributed by atoms with van der Waals surface area (Å²) in [5.41, 5.74) is 2.79. The normalized spacial score (nSPS) is 18.0. The van der Waals surface area contributed by atoms with Gasteiger partial charge < -0.3 is 5.32 Å². The molecule has 2 unspecified atom stereocenters. The molecule has 0 aromatic heterocycles. The van der Waals surface area contributed by atoms with Gasteiger partial charge in [0, 0.05) is 29.6 Å². The van der Waals surface area contributed by atoms with Gasteiger partial charge in [0.1, 0.15) is 0 Å². The van der Waals surface area contributed by atoms with Gasteiger partial charge in [-0.05, 0) is 59.8 Å². The van der Waals surface area contributed by atoms with Gasteiger partial charge in [0.15, 0.2) is 0 Å². The van der Waals surface area contributed by atoms with Gasteiger partial charge >= 0.3 is 0 Å². The van der Waals surface area contributed by atoms with E-state index in [-0.39, 0.29) is 0 Å². The molecule has 0 aliphatic carbocycles. The van der Waals surface area contributed by atoms with E-state index in [0.29, 0.717) is 12.1 Å². The van der Waals surface area contributed by atoms with Crippen LogP contribution in [0.25, 0.3) is 10.8 Å². The first-order chi connectivity index (χ1) is 13.7. The molecule has 3 aromatic rings. The van der Waals surface area contributed by atoms with Crippen molar-refractivity contribution in [2.45, 2.75) is 51.4 Å². The first-order valence-corrected chi connectivity index (χ1v) is 11.2. The molecule has 2 nitrogen and oxygen atoms in total. The molecule has 2 atom stereocenters. The van der Waals surface area contributed by atoms with Crippen LogP contribution < -0.4 is 5.32 Å². The summed E-state index contributed by atoms with van der Waals surface area (Å²) in [4.78, 5) is 2.69. The van der Waals surface area contributed by atoms with Crippen LogP contribution in [0.1, 0.15) is 37.3 Å². The average molecular weight is 437 g/mol. The lowest BCUT2D eigenvalue weighted by molar-refractivity contribution is 0.142. The van der Waals surface area contributed by atoms with Crippen molar-refractivity contribution in [3.05, 3.63) is 82.3 Å². The first kappa shape index (κ1) is 19.6. The van der Waals surface area contributed by atoms with E-state index in [9.17, 15) is 0 Å². The fraction of sp³-hybridized carbons (Fsp3) is 0.360. The Kier molecular flexibility index (Phi) is 6.46. The summed E-state index contributed by atoms with van der Waals surface area (Å²) in [6.07, 6.45) is 3.74. The lowest BCUT2D eigenvalue weighted by Gasteiger charge is -2.36. The third kappa shape index (κ3) is 4.48. The third-order valence-corrected chi connectivity index (χ3v) is 6.47. The van der Waals surface area contributed by atoms with Gasteiger partial charge in [0.25, 0.3) is 0 Å². The van der Waals surface area contributed by atoms with Crippen molar-refractivity contribution in [3.8, 4) is 0 Å². The molecule has 0 spiro atoms. The summed E-state index contributed by atoms with van der Waals surface area (Å²) in [5, 5.41) is 6.46. The van der Waals surface area contributed by atoms with Crippen molar-refractivity contribution in [1.29, 1.82) is 0 Å². The Morgan fingerprint density at radius 3 is 2.64 bits per heavy atom. The number of fused-ring (bicyclic) bond motifs is 1. The van der Waals surface area contributed by atoms with Gasteiger partial charge in [-0.1, -0.05) is 77.5 Å². The Hall–Kier alpha value is -1.68. The molecule has 1 saturated heterocycles. The molecule has 0 amide bonds. The van der Waals surface area contributed by atoms with Crippen molar-refractivity contribution < 1.29 is 0 Å². The average Bonchev–Trinajstić information content (AvgIpc) is 3.23. The molecule has 1 aliphatic heterocycles. The molecule has 4 rings (SSSR count). The predicted molar refractivity (Wildman–Crippen MR) is 122 cm³/mol. The van der Waals surface area contributed by atoms with Crippen LogP contribution in [0.2, 0.25) is 0 Å². The Morgan fingerprint density at radius 1 is 1.04 bits per heavy atom. The van der Waals surface area contributed by atoms with E-state index in [1.54, 1.807) is 0 Å². The molecule has 3 heteroatoms. The lowest BCUT2D eigenvalue weighted by atomic mass is 9.98. The topological polar surface area (TPSA) is 15.3 Å². The van der Waals surface area contributed by atoms with Crippen LogP contribution in [0.4, 0.5) is 0 Å². The van der Waals surface area contributed by atoms with Crippen LogP contribution in [-0.2, 0) is 13.1 Å². The van der Waals surface area contributed by atoms with Crippen LogP contribution in [0.5, 0.6) is 0 Å². The summed E-state index contributed by atoms with van der Waals surface area (Å²) in [6, 6.07) is 25.3. The predicted octanol–water partition coefficient (Wildman–Crippen LogP) is 6.14. The molecule has 1 fully saturated rings. The summed E-state index contributed by atoms with van der Waals surface area (Å²) < 4.78 is 1.15. The number of benzene rings is 3. The maximum Gasteiger partial charge on any atom is 0.0253 e. The van der Waals surface area contributed by atoms with Crippen molar-refractivity contribution >= 4 is 26.7 Å². The maximum atomic E-state index is 3.76. The summed E-state index contributed by atoms with van der Waals surface area (Å²) in [7, 11) is 0. The molecule has 0 radical (unpaired) electrons. The standard InChI is InChI=1S/C25H29BrN2/c1-2-25(24-14-7-15-27-24)28(17-19-8-5-12-22(26)16-19)18-21-11-6-10-20-9-3-4-13-23(20)21/h3-6,8-13,16,24-25,27H,2,7,14-15,17-18H2,1H3. The van der Waals surface area contributed by atoms with Crippen LogP contribution >= 0.6 is 15.9 Å². The quantitative estimate of drug-likeness (QED) is 0.478. The zero-order valence-electron chi connectivity index (χ0n) is 16.6. The van der Waals surface area contributed by atoms with Gasteiger partial charge in [-0.15, -0.1) is 0 Å². The van der Waals surface area contributed by atoms with Crippen LogP contribution in [-0.4, -0.2) is 23.5 Å². The molecular formula is C25H29BrN2. The molecule has 1 aliphatic rings. The monoisotopic (exact) mass is 436 g/mol. The maximum absolute atomic E-state index is 3.76.